The molecule has 1 aliphatic heterocycles. The van der Waals surface area contributed by atoms with E-state index in [0.717, 1.165) is 54.5 Å². The number of benzene rings is 1. The number of rotatable bonds is 6. The molecule has 1 aliphatic carbocycles. The molecule has 0 radical (unpaired) electrons. The number of carbonyl (C=O) groups excluding carboxylic acids is 1. The van der Waals surface area contributed by atoms with Crippen molar-refractivity contribution in [2.45, 2.75) is 25.2 Å². The third-order valence-electron chi connectivity index (χ3n) is 4.39. The van der Waals surface area contributed by atoms with Gasteiger partial charge in [0.1, 0.15) is 10.6 Å². The quantitative estimate of drug-likeness (QED) is 0.868. The van der Waals surface area contributed by atoms with Gasteiger partial charge in [-0.3, -0.25) is 4.79 Å². The molecule has 1 aromatic carbocycles. The van der Waals surface area contributed by atoms with E-state index in [1.54, 1.807) is 5.51 Å². The fraction of sp³-hybridized carbons (Fsp3) is 0.444. The van der Waals surface area contributed by atoms with Gasteiger partial charge in [0.15, 0.2) is 0 Å². The Morgan fingerprint density at radius 2 is 2.12 bits per heavy atom. The smallest absolute Gasteiger partial charge is 0.267 e. The summed E-state index contributed by atoms with van der Waals surface area (Å²) in [5.41, 5.74) is 3.48. The SMILES string of the molecule is O=C(Nc1ccc(OCC2CCOC2)cc1)c1scnc1C1CC1. The van der Waals surface area contributed by atoms with Crippen LogP contribution in [0.5, 0.6) is 5.75 Å². The number of carbonyl (C=O) groups is 1. The van der Waals surface area contributed by atoms with Gasteiger partial charge in [0.2, 0.25) is 0 Å². The van der Waals surface area contributed by atoms with E-state index in [2.05, 4.69) is 10.3 Å². The van der Waals surface area contributed by atoms with Gasteiger partial charge in [0.25, 0.3) is 5.91 Å². The summed E-state index contributed by atoms with van der Waals surface area (Å²) >= 11 is 1.41. The average Bonchev–Trinajstić information content (AvgIpc) is 3.11. The second-order valence-electron chi connectivity index (χ2n) is 6.36. The lowest BCUT2D eigenvalue weighted by Gasteiger charge is -2.11. The van der Waals surface area contributed by atoms with Crippen LogP contribution >= 0.6 is 11.3 Å². The van der Waals surface area contributed by atoms with Gasteiger partial charge in [-0.15, -0.1) is 11.3 Å². The number of aromatic nitrogens is 1. The van der Waals surface area contributed by atoms with Crippen molar-refractivity contribution in [1.82, 2.24) is 4.98 Å². The minimum Gasteiger partial charge on any atom is -0.493 e. The molecule has 24 heavy (non-hydrogen) atoms. The van der Waals surface area contributed by atoms with E-state index in [9.17, 15) is 4.79 Å². The summed E-state index contributed by atoms with van der Waals surface area (Å²) in [6.07, 6.45) is 3.34. The summed E-state index contributed by atoms with van der Waals surface area (Å²) in [5.74, 6) is 1.71. The molecular weight excluding hydrogens is 324 g/mol. The van der Waals surface area contributed by atoms with E-state index in [1.807, 2.05) is 24.3 Å². The molecule has 1 aromatic heterocycles. The van der Waals surface area contributed by atoms with Gasteiger partial charge in [0.05, 0.1) is 24.4 Å². The van der Waals surface area contributed by atoms with Crippen molar-refractivity contribution in [1.29, 1.82) is 0 Å². The van der Waals surface area contributed by atoms with Crippen molar-refractivity contribution in [3.05, 3.63) is 40.3 Å². The van der Waals surface area contributed by atoms with Gasteiger partial charge in [-0.1, -0.05) is 0 Å². The lowest BCUT2D eigenvalue weighted by atomic mass is 10.1. The predicted molar refractivity (Wildman–Crippen MR) is 92.9 cm³/mol. The first-order chi connectivity index (χ1) is 11.8. The number of nitrogens with zero attached hydrogens (tertiary/aromatic N) is 1. The molecule has 4 rings (SSSR count). The van der Waals surface area contributed by atoms with Crippen LogP contribution in [0.3, 0.4) is 0 Å². The second-order valence-corrected chi connectivity index (χ2v) is 7.21. The van der Waals surface area contributed by atoms with E-state index >= 15 is 0 Å². The number of hydrogen-bond acceptors (Lipinski definition) is 5. The average molecular weight is 344 g/mol. The molecule has 5 nitrogen and oxygen atoms in total. The van der Waals surface area contributed by atoms with Gasteiger partial charge < -0.3 is 14.8 Å². The highest BCUT2D eigenvalue weighted by atomic mass is 32.1. The van der Waals surface area contributed by atoms with E-state index in [4.69, 9.17) is 9.47 Å². The summed E-state index contributed by atoms with van der Waals surface area (Å²) in [7, 11) is 0. The first-order valence-electron chi connectivity index (χ1n) is 8.35. The van der Waals surface area contributed by atoms with Crippen molar-refractivity contribution in [2.24, 2.45) is 5.92 Å². The molecule has 1 unspecified atom stereocenters. The molecule has 1 atom stereocenters. The highest BCUT2D eigenvalue weighted by Gasteiger charge is 2.30. The van der Waals surface area contributed by atoms with E-state index in [1.165, 1.54) is 11.3 Å². The van der Waals surface area contributed by atoms with Gasteiger partial charge in [0, 0.05) is 24.1 Å². The normalized spacial score (nSPS) is 20.1. The summed E-state index contributed by atoms with van der Waals surface area (Å²) in [6, 6.07) is 7.52. The van der Waals surface area contributed by atoms with Crippen molar-refractivity contribution < 1.29 is 14.3 Å². The van der Waals surface area contributed by atoms with E-state index in [0.29, 0.717) is 18.4 Å². The van der Waals surface area contributed by atoms with E-state index in [-0.39, 0.29) is 5.91 Å². The zero-order chi connectivity index (χ0) is 16.4. The number of amides is 1. The Kier molecular flexibility index (Phi) is 4.49. The Balaban J connectivity index is 1.34. The monoisotopic (exact) mass is 344 g/mol. The largest absolute Gasteiger partial charge is 0.493 e. The number of thiazole rings is 1. The van der Waals surface area contributed by atoms with Crippen molar-refractivity contribution in [3.8, 4) is 5.75 Å². The number of ether oxygens (including phenoxy) is 2. The molecule has 2 aromatic rings. The highest BCUT2D eigenvalue weighted by molar-refractivity contribution is 7.12. The Morgan fingerprint density at radius 1 is 1.29 bits per heavy atom. The van der Waals surface area contributed by atoms with Crippen LogP contribution in [-0.4, -0.2) is 30.7 Å². The number of hydrogen-bond donors (Lipinski definition) is 1. The van der Waals surface area contributed by atoms with Gasteiger partial charge >= 0.3 is 0 Å². The highest BCUT2D eigenvalue weighted by Crippen LogP contribution is 2.41. The van der Waals surface area contributed by atoms with Crippen LogP contribution in [-0.2, 0) is 4.74 Å². The summed E-state index contributed by atoms with van der Waals surface area (Å²) in [4.78, 5) is 17.5. The summed E-state index contributed by atoms with van der Waals surface area (Å²) < 4.78 is 11.1. The molecule has 6 heteroatoms. The van der Waals surface area contributed by atoms with Crippen LogP contribution in [0, 0.1) is 5.92 Å². The molecule has 1 amide bonds. The first-order valence-corrected chi connectivity index (χ1v) is 9.23. The molecule has 1 saturated heterocycles. The standard InChI is InChI=1S/C18H20N2O3S/c21-18(17-16(13-1-2-13)19-11-24-17)20-14-3-5-15(6-4-14)23-10-12-7-8-22-9-12/h3-6,11-13H,1-2,7-10H2,(H,20,21). The molecular formula is C18H20N2O3S. The molecule has 1 N–H and O–H groups in total. The van der Waals surface area contributed by atoms with Gasteiger partial charge in [-0.2, -0.15) is 0 Å². The first kappa shape index (κ1) is 15.6. The van der Waals surface area contributed by atoms with Crippen LogP contribution in [0.15, 0.2) is 29.8 Å². The molecule has 1 saturated carbocycles. The zero-order valence-electron chi connectivity index (χ0n) is 13.4. The topological polar surface area (TPSA) is 60.5 Å². The van der Waals surface area contributed by atoms with Crippen LogP contribution in [0.4, 0.5) is 5.69 Å². The van der Waals surface area contributed by atoms with Crippen LogP contribution in [0.1, 0.15) is 40.5 Å². The van der Waals surface area contributed by atoms with E-state index < -0.39 is 0 Å². The minimum atomic E-state index is -0.0730. The third-order valence-corrected chi connectivity index (χ3v) is 5.23. The van der Waals surface area contributed by atoms with Gasteiger partial charge in [-0.05, 0) is 43.5 Å². The maximum absolute atomic E-state index is 12.4. The Bertz CT molecular complexity index is 703. The zero-order valence-corrected chi connectivity index (χ0v) is 14.2. The molecule has 2 aliphatic rings. The Morgan fingerprint density at radius 3 is 2.83 bits per heavy atom. The molecule has 2 heterocycles. The fourth-order valence-corrected chi connectivity index (χ4v) is 3.59. The molecule has 0 bridgehead atoms. The van der Waals surface area contributed by atoms with Crippen molar-refractivity contribution in [3.63, 3.8) is 0 Å². The fourth-order valence-electron chi connectivity index (χ4n) is 2.82. The number of anilines is 1. The Labute approximate surface area is 145 Å². The van der Waals surface area contributed by atoms with Crippen LogP contribution in [0.25, 0.3) is 0 Å². The summed E-state index contributed by atoms with van der Waals surface area (Å²) in [5, 5.41) is 2.95. The summed E-state index contributed by atoms with van der Waals surface area (Å²) in [6.45, 7) is 2.29. The number of nitrogens with one attached hydrogen (secondary N) is 1. The third kappa shape index (κ3) is 3.60. The van der Waals surface area contributed by atoms with Crippen LogP contribution < -0.4 is 10.1 Å². The molecule has 0 spiro atoms. The predicted octanol–water partition coefficient (Wildman–Crippen LogP) is 3.69. The van der Waals surface area contributed by atoms with Crippen molar-refractivity contribution >= 4 is 22.9 Å². The van der Waals surface area contributed by atoms with Crippen molar-refractivity contribution in [2.75, 3.05) is 25.1 Å². The maximum atomic E-state index is 12.4. The van der Waals surface area contributed by atoms with Gasteiger partial charge in [-0.25, -0.2) is 4.98 Å². The maximum Gasteiger partial charge on any atom is 0.267 e. The Hall–Kier alpha value is -1.92. The minimum absolute atomic E-state index is 0.0730. The second kappa shape index (κ2) is 6.91. The van der Waals surface area contributed by atoms with Crippen LogP contribution in [0.2, 0.25) is 0 Å². The lowest BCUT2D eigenvalue weighted by Crippen LogP contribution is -2.13. The lowest BCUT2D eigenvalue weighted by molar-refractivity contribution is 0.102. The molecule has 2 fully saturated rings. The molecule has 126 valence electrons.